The second-order valence-electron chi connectivity index (χ2n) is 2.64. The first-order chi connectivity index (χ1) is 6.50. The number of aromatic amines is 1. The Balaban J connectivity index is 3.02. The largest absolute Gasteiger partial charge is 0.481 e. The number of carboxylic acid groups (broad SMARTS) is 1. The van der Waals surface area contributed by atoms with Gasteiger partial charge in [-0.25, -0.2) is 8.78 Å². The Morgan fingerprint density at radius 2 is 2.14 bits per heavy atom. The van der Waals surface area contributed by atoms with Crippen LogP contribution < -0.4 is 5.56 Å². The van der Waals surface area contributed by atoms with Crippen molar-refractivity contribution < 1.29 is 18.7 Å². The Morgan fingerprint density at radius 1 is 1.50 bits per heavy atom. The number of halogens is 2. The van der Waals surface area contributed by atoms with Crippen LogP contribution in [0, 0.1) is 0 Å². The van der Waals surface area contributed by atoms with E-state index in [9.17, 15) is 18.4 Å². The molecule has 0 amide bonds. The zero-order valence-corrected chi connectivity index (χ0v) is 6.96. The van der Waals surface area contributed by atoms with E-state index in [2.05, 4.69) is 0 Å². The SMILES string of the molecule is O=C(O)Cc1ccc(C(F)F)[nH]c1=O. The molecule has 0 aliphatic rings. The van der Waals surface area contributed by atoms with Gasteiger partial charge in [0, 0.05) is 5.56 Å². The van der Waals surface area contributed by atoms with Gasteiger partial charge >= 0.3 is 5.97 Å². The molecule has 2 N–H and O–H groups in total. The van der Waals surface area contributed by atoms with Gasteiger partial charge in [0.2, 0.25) is 0 Å². The van der Waals surface area contributed by atoms with Gasteiger partial charge in [-0.2, -0.15) is 0 Å². The van der Waals surface area contributed by atoms with Crippen LogP contribution in [0.3, 0.4) is 0 Å². The van der Waals surface area contributed by atoms with Crippen LogP contribution in [0.25, 0.3) is 0 Å². The molecule has 0 saturated heterocycles. The Morgan fingerprint density at radius 3 is 2.57 bits per heavy atom. The molecule has 0 aliphatic heterocycles. The quantitative estimate of drug-likeness (QED) is 0.767. The summed E-state index contributed by atoms with van der Waals surface area (Å²) >= 11 is 0. The van der Waals surface area contributed by atoms with Gasteiger partial charge in [0.05, 0.1) is 12.1 Å². The summed E-state index contributed by atoms with van der Waals surface area (Å²) in [5.74, 6) is -1.18. The van der Waals surface area contributed by atoms with E-state index in [1.165, 1.54) is 0 Å². The van der Waals surface area contributed by atoms with E-state index in [0.717, 1.165) is 12.1 Å². The van der Waals surface area contributed by atoms with Crippen LogP contribution in [0.15, 0.2) is 16.9 Å². The number of carbonyl (C=O) groups is 1. The fourth-order valence-corrected chi connectivity index (χ4v) is 0.949. The average molecular weight is 203 g/mol. The van der Waals surface area contributed by atoms with Crippen molar-refractivity contribution in [2.45, 2.75) is 12.8 Å². The number of pyridine rings is 1. The summed E-state index contributed by atoms with van der Waals surface area (Å²) in [5, 5.41) is 8.37. The summed E-state index contributed by atoms with van der Waals surface area (Å²) in [7, 11) is 0. The van der Waals surface area contributed by atoms with E-state index in [4.69, 9.17) is 5.11 Å². The molecule has 4 nitrogen and oxygen atoms in total. The van der Waals surface area contributed by atoms with Gasteiger partial charge in [-0.05, 0) is 6.07 Å². The lowest BCUT2D eigenvalue weighted by Gasteiger charge is -2.00. The highest BCUT2D eigenvalue weighted by Gasteiger charge is 2.10. The highest BCUT2D eigenvalue weighted by molar-refractivity contribution is 5.69. The van der Waals surface area contributed by atoms with E-state index >= 15 is 0 Å². The zero-order valence-electron chi connectivity index (χ0n) is 6.96. The first-order valence-electron chi connectivity index (χ1n) is 3.72. The third-order valence-corrected chi connectivity index (χ3v) is 1.59. The minimum atomic E-state index is -2.76. The van der Waals surface area contributed by atoms with Crippen molar-refractivity contribution >= 4 is 5.97 Å². The van der Waals surface area contributed by atoms with Crippen LogP contribution in [0.4, 0.5) is 8.78 Å². The molecule has 0 aromatic carbocycles. The maximum Gasteiger partial charge on any atom is 0.308 e. The second kappa shape index (κ2) is 3.99. The van der Waals surface area contributed by atoms with Crippen molar-refractivity contribution in [3.05, 3.63) is 33.7 Å². The molecule has 0 bridgehead atoms. The Labute approximate surface area is 77.2 Å². The second-order valence-corrected chi connectivity index (χ2v) is 2.64. The van der Waals surface area contributed by atoms with Crippen LogP contribution in [-0.4, -0.2) is 16.1 Å². The van der Waals surface area contributed by atoms with Crippen molar-refractivity contribution in [1.82, 2.24) is 4.98 Å². The van der Waals surface area contributed by atoms with E-state index < -0.39 is 30.1 Å². The van der Waals surface area contributed by atoms with Gasteiger partial charge in [-0.15, -0.1) is 0 Å². The van der Waals surface area contributed by atoms with Gasteiger partial charge in [0.15, 0.2) is 0 Å². The van der Waals surface area contributed by atoms with Gasteiger partial charge < -0.3 is 10.1 Å². The fourth-order valence-electron chi connectivity index (χ4n) is 0.949. The fraction of sp³-hybridized carbons (Fsp3) is 0.250. The summed E-state index contributed by atoms with van der Waals surface area (Å²) in [6.07, 6.45) is -3.24. The lowest BCUT2D eigenvalue weighted by Crippen LogP contribution is -2.17. The molecule has 14 heavy (non-hydrogen) atoms. The lowest BCUT2D eigenvalue weighted by atomic mass is 10.2. The highest BCUT2D eigenvalue weighted by atomic mass is 19.3. The minimum Gasteiger partial charge on any atom is -0.481 e. The topological polar surface area (TPSA) is 70.2 Å². The monoisotopic (exact) mass is 203 g/mol. The number of nitrogens with one attached hydrogen (secondary N) is 1. The molecule has 0 atom stereocenters. The van der Waals surface area contributed by atoms with Crippen molar-refractivity contribution in [2.75, 3.05) is 0 Å². The van der Waals surface area contributed by atoms with E-state index in [-0.39, 0.29) is 5.56 Å². The number of H-pyrrole nitrogens is 1. The van der Waals surface area contributed by atoms with E-state index in [1.54, 1.807) is 0 Å². The van der Waals surface area contributed by atoms with Crippen LogP contribution >= 0.6 is 0 Å². The minimum absolute atomic E-state index is 0.0399. The molecule has 0 aliphatic carbocycles. The molecule has 76 valence electrons. The van der Waals surface area contributed by atoms with Crippen LogP contribution in [-0.2, 0) is 11.2 Å². The molecule has 0 saturated carbocycles. The van der Waals surface area contributed by atoms with Crippen LogP contribution in [0.2, 0.25) is 0 Å². The van der Waals surface area contributed by atoms with Crippen molar-refractivity contribution in [3.63, 3.8) is 0 Å². The highest BCUT2D eigenvalue weighted by Crippen LogP contribution is 2.14. The predicted molar refractivity (Wildman–Crippen MR) is 43.4 cm³/mol. The number of hydrogen-bond acceptors (Lipinski definition) is 2. The summed E-state index contributed by atoms with van der Waals surface area (Å²) in [5.41, 5.74) is -1.34. The number of aromatic nitrogens is 1. The van der Waals surface area contributed by atoms with E-state index in [1.807, 2.05) is 4.98 Å². The van der Waals surface area contributed by atoms with Crippen molar-refractivity contribution in [2.24, 2.45) is 0 Å². The number of rotatable bonds is 3. The average Bonchev–Trinajstić information content (AvgIpc) is 2.07. The summed E-state index contributed by atoms with van der Waals surface area (Å²) in [6.45, 7) is 0. The Bertz CT molecular complexity index is 400. The van der Waals surface area contributed by atoms with Gasteiger partial charge in [-0.3, -0.25) is 9.59 Å². The molecule has 1 rings (SSSR count). The lowest BCUT2D eigenvalue weighted by molar-refractivity contribution is -0.136. The number of alkyl halides is 2. The summed E-state index contributed by atoms with van der Waals surface area (Å²) in [6, 6.07) is 2.10. The third kappa shape index (κ3) is 2.38. The molecule has 0 unspecified atom stereocenters. The maximum atomic E-state index is 12.1. The molecular formula is C8H7F2NO3. The van der Waals surface area contributed by atoms with E-state index in [0.29, 0.717) is 0 Å². The van der Waals surface area contributed by atoms with Gasteiger partial charge in [-0.1, -0.05) is 6.07 Å². The molecule has 1 heterocycles. The standard InChI is InChI=1S/C8H7F2NO3/c9-7(10)5-2-1-4(3-6(12)13)8(14)11-5/h1-2,7H,3H2,(H,11,14)(H,12,13). The molecule has 0 radical (unpaired) electrons. The number of hydrogen-bond donors (Lipinski definition) is 2. The molecule has 1 aromatic rings. The Hall–Kier alpha value is -1.72. The maximum absolute atomic E-state index is 12.1. The summed E-state index contributed by atoms with van der Waals surface area (Å²) < 4.78 is 24.1. The van der Waals surface area contributed by atoms with Crippen LogP contribution in [0.1, 0.15) is 17.7 Å². The molecule has 0 spiro atoms. The number of aliphatic carboxylic acids is 1. The number of carboxylic acids is 1. The normalized spacial score (nSPS) is 10.5. The molecule has 1 aromatic heterocycles. The van der Waals surface area contributed by atoms with Gasteiger partial charge in [0.1, 0.15) is 0 Å². The molecule has 6 heteroatoms. The van der Waals surface area contributed by atoms with Crippen molar-refractivity contribution in [1.29, 1.82) is 0 Å². The Kier molecular flexibility index (Phi) is 2.95. The first-order valence-corrected chi connectivity index (χ1v) is 3.72. The van der Waals surface area contributed by atoms with Crippen LogP contribution in [0.5, 0.6) is 0 Å². The zero-order chi connectivity index (χ0) is 10.7. The van der Waals surface area contributed by atoms with Gasteiger partial charge in [0.25, 0.3) is 12.0 Å². The first kappa shape index (κ1) is 10.4. The summed E-state index contributed by atoms with van der Waals surface area (Å²) in [4.78, 5) is 23.2. The van der Waals surface area contributed by atoms with Crippen molar-refractivity contribution in [3.8, 4) is 0 Å². The predicted octanol–water partition coefficient (Wildman–Crippen LogP) is 0.940. The third-order valence-electron chi connectivity index (χ3n) is 1.59. The smallest absolute Gasteiger partial charge is 0.308 e. The molecule has 0 fully saturated rings. The molecular weight excluding hydrogens is 196 g/mol.